The summed E-state index contributed by atoms with van der Waals surface area (Å²) in [6.07, 6.45) is 4.70. The monoisotopic (exact) mass is 441 g/mol. The molecule has 0 aliphatic carbocycles. The second-order valence-electron chi connectivity index (χ2n) is 7.19. The van der Waals surface area contributed by atoms with Crippen molar-refractivity contribution in [2.75, 3.05) is 5.32 Å². The van der Waals surface area contributed by atoms with Crippen LogP contribution in [0.5, 0.6) is 0 Å². The van der Waals surface area contributed by atoms with Crippen LogP contribution in [0.4, 0.5) is 10.1 Å². The van der Waals surface area contributed by atoms with Crippen molar-refractivity contribution in [2.24, 2.45) is 0 Å². The summed E-state index contributed by atoms with van der Waals surface area (Å²) in [5.74, 6) is -1.52. The normalized spacial score (nSPS) is 10.9. The number of nitrogens with zero attached hydrogens (tertiary/aromatic N) is 3. The summed E-state index contributed by atoms with van der Waals surface area (Å²) >= 11 is 0. The van der Waals surface area contributed by atoms with E-state index in [1.165, 1.54) is 18.2 Å². The Hall–Kier alpha value is -4.79. The minimum absolute atomic E-state index is 0.247. The van der Waals surface area contributed by atoms with Crippen molar-refractivity contribution in [3.63, 3.8) is 0 Å². The van der Waals surface area contributed by atoms with Crippen molar-refractivity contribution in [2.45, 2.75) is 0 Å². The van der Waals surface area contributed by atoms with Gasteiger partial charge in [-0.05, 0) is 30.3 Å². The van der Waals surface area contributed by atoms with E-state index in [1.54, 1.807) is 24.3 Å². The average Bonchev–Trinajstić information content (AvgIpc) is 3.25. The van der Waals surface area contributed by atoms with Crippen molar-refractivity contribution >= 4 is 17.2 Å². The molecule has 0 fully saturated rings. The molecule has 1 amide bonds. The fourth-order valence-electron chi connectivity index (χ4n) is 3.56. The standard InChI is InChI=1S/C24H16FN5O3/c25-17-8-2-4-10-20(17)30-23(32)16(13-26-24(30)33)22(31)28-18-9-3-1-7-15(18)19-14-29-12-6-5-11-21(29)27-19/h1-14H,(H,26,33)(H,28,31). The summed E-state index contributed by atoms with van der Waals surface area (Å²) in [4.78, 5) is 45.1. The fourth-order valence-corrected chi connectivity index (χ4v) is 3.56. The number of hydrogen-bond donors (Lipinski definition) is 2. The second kappa shape index (κ2) is 8.04. The van der Waals surface area contributed by atoms with Gasteiger partial charge in [0, 0.05) is 24.2 Å². The number of H-pyrrole nitrogens is 1. The number of fused-ring (bicyclic) bond motifs is 1. The number of para-hydroxylation sites is 2. The van der Waals surface area contributed by atoms with Gasteiger partial charge in [0.05, 0.1) is 17.1 Å². The van der Waals surface area contributed by atoms with Gasteiger partial charge in [-0.25, -0.2) is 18.7 Å². The smallest absolute Gasteiger partial charge is 0.321 e. The van der Waals surface area contributed by atoms with Crippen molar-refractivity contribution in [3.8, 4) is 16.9 Å². The van der Waals surface area contributed by atoms with Gasteiger partial charge >= 0.3 is 5.69 Å². The number of aromatic nitrogens is 4. The molecule has 33 heavy (non-hydrogen) atoms. The minimum Gasteiger partial charge on any atom is -0.321 e. The number of carbonyl (C=O) groups is 1. The molecular formula is C24H16FN5O3. The van der Waals surface area contributed by atoms with Crippen LogP contribution < -0.4 is 16.6 Å². The Morgan fingerprint density at radius 3 is 2.55 bits per heavy atom. The van der Waals surface area contributed by atoms with E-state index in [0.29, 0.717) is 21.5 Å². The van der Waals surface area contributed by atoms with E-state index in [0.717, 1.165) is 17.9 Å². The van der Waals surface area contributed by atoms with Crippen LogP contribution in [0, 0.1) is 5.82 Å². The van der Waals surface area contributed by atoms with Crippen molar-refractivity contribution in [1.82, 2.24) is 18.9 Å². The van der Waals surface area contributed by atoms with Gasteiger partial charge in [0.2, 0.25) is 0 Å². The van der Waals surface area contributed by atoms with E-state index in [4.69, 9.17) is 0 Å². The summed E-state index contributed by atoms with van der Waals surface area (Å²) in [5, 5.41) is 2.71. The van der Waals surface area contributed by atoms with Crippen LogP contribution in [0.25, 0.3) is 22.6 Å². The molecule has 0 atom stereocenters. The number of anilines is 1. The molecule has 0 bridgehead atoms. The van der Waals surface area contributed by atoms with Crippen LogP contribution in [0.2, 0.25) is 0 Å². The number of halogens is 1. The SMILES string of the molecule is O=C(Nc1ccccc1-c1cn2ccccc2n1)c1c[nH]c(=O)n(-c2ccccc2F)c1=O. The van der Waals surface area contributed by atoms with E-state index in [9.17, 15) is 18.8 Å². The van der Waals surface area contributed by atoms with Crippen molar-refractivity contribution < 1.29 is 9.18 Å². The lowest BCUT2D eigenvalue weighted by molar-refractivity contribution is 0.102. The molecule has 5 aromatic rings. The van der Waals surface area contributed by atoms with Gasteiger partial charge in [-0.2, -0.15) is 0 Å². The van der Waals surface area contributed by atoms with E-state index in [-0.39, 0.29) is 11.3 Å². The zero-order valence-electron chi connectivity index (χ0n) is 17.0. The summed E-state index contributed by atoms with van der Waals surface area (Å²) in [6, 6.07) is 18.0. The van der Waals surface area contributed by atoms with E-state index < -0.39 is 23.0 Å². The highest BCUT2D eigenvalue weighted by Crippen LogP contribution is 2.27. The zero-order chi connectivity index (χ0) is 22.9. The molecular weight excluding hydrogens is 425 g/mol. The highest BCUT2D eigenvalue weighted by Gasteiger charge is 2.19. The Morgan fingerprint density at radius 1 is 0.970 bits per heavy atom. The van der Waals surface area contributed by atoms with Gasteiger partial charge in [-0.3, -0.25) is 9.59 Å². The number of aromatic amines is 1. The molecule has 0 spiro atoms. The maximum atomic E-state index is 14.2. The van der Waals surface area contributed by atoms with Gasteiger partial charge in [-0.1, -0.05) is 36.4 Å². The van der Waals surface area contributed by atoms with E-state index in [2.05, 4.69) is 15.3 Å². The number of pyridine rings is 1. The summed E-state index contributed by atoms with van der Waals surface area (Å²) < 4.78 is 16.7. The Kier molecular flexibility index (Phi) is 4.91. The molecule has 5 rings (SSSR count). The maximum Gasteiger partial charge on any atom is 0.333 e. The van der Waals surface area contributed by atoms with Crippen molar-refractivity contribution in [3.05, 3.63) is 118 Å². The van der Waals surface area contributed by atoms with Gasteiger partial charge < -0.3 is 14.7 Å². The Labute approximate surface area is 185 Å². The predicted molar refractivity (Wildman–Crippen MR) is 121 cm³/mol. The first-order chi connectivity index (χ1) is 16.0. The van der Waals surface area contributed by atoms with Crippen LogP contribution in [0.3, 0.4) is 0 Å². The number of benzene rings is 2. The topological polar surface area (TPSA) is 101 Å². The molecule has 9 heteroatoms. The minimum atomic E-state index is -0.938. The first-order valence-electron chi connectivity index (χ1n) is 9.97. The first-order valence-corrected chi connectivity index (χ1v) is 9.97. The van der Waals surface area contributed by atoms with Crippen LogP contribution in [0.15, 0.2) is 94.9 Å². The number of carbonyl (C=O) groups excluding carboxylic acids is 1. The number of nitrogens with one attached hydrogen (secondary N) is 2. The van der Waals surface area contributed by atoms with Gasteiger partial charge in [0.15, 0.2) is 0 Å². The number of amides is 1. The summed E-state index contributed by atoms with van der Waals surface area (Å²) in [6.45, 7) is 0. The molecule has 0 aliphatic rings. The largest absolute Gasteiger partial charge is 0.333 e. The van der Waals surface area contributed by atoms with Crippen molar-refractivity contribution in [1.29, 1.82) is 0 Å². The summed E-state index contributed by atoms with van der Waals surface area (Å²) in [7, 11) is 0. The molecule has 8 nitrogen and oxygen atoms in total. The second-order valence-corrected chi connectivity index (χ2v) is 7.19. The molecule has 0 saturated heterocycles. The van der Waals surface area contributed by atoms with E-state index >= 15 is 0 Å². The van der Waals surface area contributed by atoms with Gasteiger partial charge in [0.25, 0.3) is 11.5 Å². The predicted octanol–water partition coefficient (Wildman–Crippen LogP) is 3.23. The third-order valence-electron chi connectivity index (χ3n) is 5.13. The van der Waals surface area contributed by atoms with Gasteiger partial charge in [-0.15, -0.1) is 0 Å². The van der Waals surface area contributed by atoms with Crippen LogP contribution in [-0.2, 0) is 0 Å². The number of rotatable bonds is 4. The van der Waals surface area contributed by atoms with E-state index in [1.807, 2.05) is 35.0 Å². The Morgan fingerprint density at radius 2 is 1.73 bits per heavy atom. The van der Waals surface area contributed by atoms with Crippen LogP contribution in [-0.4, -0.2) is 24.8 Å². The van der Waals surface area contributed by atoms with Crippen LogP contribution >= 0.6 is 0 Å². The zero-order valence-corrected chi connectivity index (χ0v) is 17.0. The lowest BCUT2D eigenvalue weighted by Gasteiger charge is -2.11. The molecule has 0 saturated carbocycles. The molecule has 2 N–H and O–H groups in total. The summed E-state index contributed by atoms with van der Waals surface area (Å²) in [5.41, 5.74) is 0.0520. The maximum absolute atomic E-state index is 14.2. The molecule has 0 unspecified atom stereocenters. The molecule has 3 heterocycles. The Bertz CT molecular complexity index is 1600. The Balaban J connectivity index is 1.54. The third-order valence-corrected chi connectivity index (χ3v) is 5.13. The van der Waals surface area contributed by atoms with Gasteiger partial charge in [0.1, 0.15) is 17.0 Å². The first kappa shape index (κ1) is 20.1. The highest BCUT2D eigenvalue weighted by molar-refractivity contribution is 6.05. The molecule has 3 aromatic heterocycles. The molecule has 2 aromatic carbocycles. The molecule has 0 aliphatic heterocycles. The van der Waals surface area contributed by atoms with Crippen LogP contribution in [0.1, 0.15) is 10.4 Å². The molecule has 0 radical (unpaired) electrons. The average molecular weight is 441 g/mol. The fraction of sp³-hybridized carbons (Fsp3) is 0. The highest BCUT2D eigenvalue weighted by atomic mass is 19.1. The lowest BCUT2D eigenvalue weighted by Crippen LogP contribution is -2.38. The lowest BCUT2D eigenvalue weighted by atomic mass is 10.1. The number of imidazole rings is 1. The quantitative estimate of drug-likeness (QED) is 0.447. The molecule has 162 valence electrons. The third kappa shape index (κ3) is 3.61. The number of hydrogen-bond acceptors (Lipinski definition) is 4.